The van der Waals surface area contributed by atoms with E-state index in [4.69, 9.17) is 9.47 Å². The number of nitrogens with zero attached hydrogens (tertiary/aromatic N) is 5. The van der Waals surface area contributed by atoms with Crippen LogP contribution in [0, 0.1) is 11.6 Å². The Hall–Kier alpha value is -3.54. The summed E-state index contributed by atoms with van der Waals surface area (Å²) in [7, 11) is 0. The SMILES string of the molecule is CC(C)(C)OC(=O)N1CCN2C(=O)c3c(N4C[C@H](N5CC(F)C5)CC4(C)C)nc(-c4ccccc4F)c(F)c3OCC2C1. The van der Waals surface area contributed by atoms with E-state index < -0.39 is 47.0 Å². The number of anilines is 1. The van der Waals surface area contributed by atoms with Gasteiger partial charge in [0.2, 0.25) is 0 Å². The highest BCUT2D eigenvalue weighted by atomic mass is 19.1. The van der Waals surface area contributed by atoms with Gasteiger partial charge in [-0.2, -0.15) is 0 Å². The van der Waals surface area contributed by atoms with Gasteiger partial charge in [0, 0.05) is 56.4 Å². The number of pyridine rings is 1. The van der Waals surface area contributed by atoms with Gasteiger partial charge in [0.1, 0.15) is 41.3 Å². The molecule has 4 aliphatic rings. The molecule has 232 valence electrons. The van der Waals surface area contributed by atoms with Crippen molar-refractivity contribution in [3.8, 4) is 17.0 Å². The molecule has 1 aromatic carbocycles. The van der Waals surface area contributed by atoms with E-state index in [-0.39, 0.29) is 60.7 Å². The largest absolute Gasteiger partial charge is 0.487 e. The highest BCUT2D eigenvalue weighted by Crippen LogP contribution is 2.45. The molecule has 9 nitrogen and oxygen atoms in total. The lowest BCUT2D eigenvalue weighted by Crippen LogP contribution is -2.58. The fourth-order valence-electron chi connectivity index (χ4n) is 6.55. The number of amides is 2. The number of halogens is 3. The summed E-state index contributed by atoms with van der Waals surface area (Å²) in [6.45, 7) is 11.0. The lowest BCUT2D eigenvalue weighted by Gasteiger charge is -2.40. The summed E-state index contributed by atoms with van der Waals surface area (Å²) in [6.07, 6.45) is -0.686. The van der Waals surface area contributed by atoms with Gasteiger partial charge < -0.3 is 24.2 Å². The van der Waals surface area contributed by atoms with E-state index in [0.717, 1.165) is 0 Å². The second-order valence-corrected chi connectivity index (χ2v) is 13.5. The monoisotopic (exact) mass is 601 g/mol. The first-order chi connectivity index (χ1) is 20.2. The predicted molar refractivity (Wildman–Crippen MR) is 154 cm³/mol. The van der Waals surface area contributed by atoms with E-state index in [1.807, 2.05) is 18.7 Å². The Bertz CT molecular complexity index is 1440. The molecule has 0 spiro atoms. The Morgan fingerprint density at radius 3 is 2.47 bits per heavy atom. The van der Waals surface area contributed by atoms with Crippen LogP contribution in [-0.4, -0.2) is 107 Å². The number of hydrogen-bond acceptors (Lipinski definition) is 7. The summed E-state index contributed by atoms with van der Waals surface area (Å²) in [6, 6.07) is 5.22. The first-order valence-corrected chi connectivity index (χ1v) is 14.8. The predicted octanol–water partition coefficient (Wildman–Crippen LogP) is 4.49. The van der Waals surface area contributed by atoms with Crippen molar-refractivity contribution >= 4 is 17.8 Å². The van der Waals surface area contributed by atoms with Gasteiger partial charge in [-0.25, -0.2) is 22.9 Å². The Morgan fingerprint density at radius 1 is 1.07 bits per heavy atom. The van der Waals surface area contributed by atoms with Crippen LogP contribution in [0.2, 0.25) is 0 Å². The van der Waals surface area contributed by atoms with Gasteiger partial charge in [0.25, 0.3) is 5.91 Å². The molecule has 0 saturated carbocycles. The first-order valence-electron chi connectivity index (χ1n) is 14.8. The van der Waals surface area contributed by atoms with Gasteiger partial charge in [0.15, 0.2) is 11.6 Å². The molecule has 0 radical (unpaired) electrons. The van der Waals surface area contributed by atoms with Gasteiger partial charge in [0.05, 0.1) is 6.04 Å². The second-order valence-electron chi connectivity index (χ2n) is 13.5. The van der Waals surface area contributed by atoms with Crippen LogP contribution in [0.15, 0.2) is 24.3 Å². The minimum Gasteiger partial charge on any atom is -0.487 e. The van der Waals surface area contributed by atoms with E-state index in [1.165, 1.54) is 23.1 Å². The second kappa shape index (κ2) is 10.6. The number of hydrogen-bond donors (Lipinski definition) is 0. The smallest absolute Gasteiger partial charge is 0.410 e. The van der Waals surface area contributed by atoms with Crippen molar-refractivity contribution in [3.05, 3.63) is 41.5 Å². The Morgan fingerprint density at radius 2 is 1.79 bits per heavy atom. The zero-order chi connectivity index (χ0) is 30.8. The molecule has 3 saturated heterocycles. The summed E-state index contributed by atoms with van der Waals surface area (Å²) in [4.78, 5) is 38.9. The van der Waals surface area contributed by atoms with Crippen molar-refractivity contribution < 1.29 is 32.2 Å². The number of carbonyl (C=O) groups is 2. The molecule has 2 aromatic rings. The van der Waals surface area contributed by atoms with Crippen LogP contribution in [-0.2, 0) is 4.74 Å². The zero-order valence-electron chi connectivity index (χ0n) is 25.2. The number of piperazine rings is 1. The fraction of sp³-hybridized carbons (Fsp3) is 0.581. The number of aromatic nitrogens is 1. The average Bonchev–Trinajstić information content (AvgIpc) is 3.14. The molecule has 0 aliphatic carbocycles. The number of ether oxygens (including phenoxy) is 2. The molecular formula is C31H38F3N5O4. The normalized spacial score (nSPS) is 24.2. The van der Waals surface area contributed by atoms with Gasteiger partial charge in [-0.1, -0.05) is 12.1 Å². The molecule has 0 bridgehead atoms. The van der Waals surface area contributed by atoms with Crippen molar-refractivity contribution in [3.63, 3.8) is 0 Å². The lowest BCUT2D eigenvalue weighted by atomic mass is 9.97. The summed E-state index contributed by atoms with van der Waals surface area (Å²) in [5.41, 5.74) is -1.53. The maximum atomic E-state index is 16.3. The topological polar surface area (TPSA) is 78.5 Å². The maximum absolute atomic E-state index is 16.3. The molecule has 1 aromatic heterocycles. The highest BCUT2D eigenvalue weighted by molar-refractivity contribution is 6.03. The van der Waals surface area contributed by atoms with Gasteiger partial charge in [-0.15, -0.1) is 0 Å². The van der Waals surface area contributed by atoms with Crippen LogP contribution in [0.25, 0.3) is 11.3 Å². The zero-order valence-corrected chi connectivity index (χ0v) is 25.2. The Kier molecular flexibility index (Phi) is 7.26. The van der Waals surface area contributed by atoms with E-state index in [0.29, 0.717) is 26.1 Å². The van der Waals surface area contributed by atoms with Crippen LogP contribution in [0.1, 0.15) is 51.4 Å². The van der Waals surface area contributed by atoms with Crippen LogP contribution in [0.3, 0.4) is 0 Å². The molecule has 5 heterocycles. The third kappa shape index (κ3) is 5.38. The standard InChI is InChI=1S/C31H38F3N5O4/c1-30(2,3)43-29(41)36-10-11-38-20(15-36)17-42-26-23(28(38)40)27(35-25(24(26)34)21-8-6-7-9-22(21)33)39-16-19(12-31(39,4)5)37-13-18(32)14-37/h6-9,18-20H,10-17H2,1-5H3/t19-,20?/m1/s1. The minimum absolute atomic E-state index is 0.00772. The summed E-state index contributed by atoms with van der Waals surface area (Å²) in [5, 5.41) is 0. The Balaban J connectivity index is 1.41. The molecule has 3 fully saturated rings. The summed E-state index contributed by atoms with van der Waals surface area (Å²) in [5.74, 6) is -2.11. The molecular weight excluding hydrogens is 563 g/mol. The average molecular weight is 602 g/mol. The van der Waals surface area contributed by atoms with E-state index in [9.17, 15) is 14.0 Å². The Labute approximate surface area is 249 Å². The van der Waals surface area contributed by atoms with Crippen molar-refractivity contribution in [1.82, 2.24) is 19.7 Å². The first kappa shape index (κ1) is 29.5. The number of likely N-dealkylation sites (tertiary alicyclic amines) is 1. The third-order valence-corrected chi connectivity index (χ3v) is 8.73. The molecule has 1 unspecified atom stereocenters. The quantitative estimate of drug-likeness (QED) is 0.513. The van der Waals surface area contributed by atoms with Gasteiger partial charge >= 0.3 is 6.09 Å². The molecule has 2 amide bonds. The number of carbonyl (C=O) groups excluding carboxylic acids is 2. The molecule has 6 rings (SSSR count). The molecule has 0 N–H and O–H groups in total. The van der Waals surface area contributed by atoms with E-state index >= 15 is 8.78 Å². The van der Waals surface area contributed by atoms with Crippen molar-refractivity contribution in [2.24, 2.45) is 0 Å². The van der Waals surface area contributed by atoms with Crippen molar-refractivity contribution in [2.45, 2.75) is 70.4 Å². The number of rotatable bonds is 3. The van der Waals surface area contributed by atoms with Crippen LogP contribution in [0.4, 0.5) is 23.8 Å². The van der Waals surface area contributed by atoms with E-state index in [2.05, 4.69) is 9.88 Å². The van der Waals surface area contributed by atoms with Crippen molar-refractivity contribution in [1.29, 1.82) is 0 Å². The lowest BCUT2D eigenvalue weighted by molar-refractivity contribution is 0.000863. The number of fused-ring (bicyclic) bond motifs is 2. The minimum atomic E-state index is -0.919. The summed E-state index contributed by atoms with van der Waals surface area (Å²) >= 11 is 0. The third-order valence-electron chi connectivity index (χ3n) is 8.73. The number of alkyl halides is 1. The van der Waals surface area contributed by atoms with Crippen LogP contribution < -0.4 is 9.64 Å². The molecule has 43 heavy (non-hydrogen) atoms. The maximum Gasteiger partial charge on any atom is 0.410 e. The van der Waals surface area contributed by atoms with Crippen molar-refractivity contribution in [2.75, 3.05) is 50.8 Å². The molecule has 4 aliphatic heterocycles. The molecule has 2 atom stereocenters. The number of benzene rings is 1. The van der Waals surface area contributed by atoms with Crippen LogP contribution in [0.5, 0.6) is 5.75 Å². The van der Waals surface area contributed by atoms with Crippen LogP contribution >= 0.6 is 0 Å². The fourth-order valence-corrected chi connectivity index (χ4v) is 6.55. The van der Waals surface area contributed by atoms with Gasteiger partial charge in [-0.05, 0) is 53.2 Å². The van der Waals surface area contributed by atoms with E-state index in [1.54, 1.807) is 31.7 Å². The highest BCUT2D eigenvalue weighted by Gasteiger charge is 2.48. The van der Waals surface area contributed by atoms with Gasteiger partial charge in [-0.3, -0.25) is 9.69 Å². The molecule has 12 heteroatoms. The summed E-state index contributed by atoms with van der Waals surface area (Å²) < 4.78 is 56.7.